The number of nitro groups is 1. The van der Waals surface area contributed by atoms with Gasteiger partial charge >= 0.3 is 0 Å². The average Bonchev–Trinajstić information content (AvgIpc) is 3.08. The third kappa shape index (κ3) is 4.40. The molecule has 0 spiro atoms. The van der Waals surface area contributed by atoms with Gasteiger partial charge in [-0.3, -0.25) is 19.8 Å². The van der Waals surface area contributed by atoms with Crippen molar-refractivity contribution in [3.63, 3.8) is 0 Å². The minimum atomic E-state index is -0.435. The van der Waals surface area contributed by atoms with Gasteiger partial charge < -0.3 is 14.8 Å². The van der Waals surface area contributed by atoms with E-state index in [0.29, 0.717) is 17.7 Å². The summed E-state index contributed by atoms with van der Waals surface area (Å²) in [6, 6.07) is 8.65. The van der Waals surface area contributed by atoms with Gasteiger partial charge in [0, 0.05) is 68.9 Å². The molecule has 1 atom stereocenters. The lowest BCUT2D eigenvalue weighted by molar-refractivity contribution is -0.385. The second-order valence-corrected chi connectivity index (χ2v) is 7.37. The molecule has 1 aromatic heterocycles. The SMILES string of the molecule is Cc1cc(C(=O)NCC(c2cccn2C)N2CCN(C)CC2)ccc1[N+](=O)[O-]. The van der Waals surface area contributed by atoms with Gasteiger partial charge in [-0.1, -0.05) is 0 Å². The highest BCUT2D eigenvalue weighted by Gasteiger charge is 2.26. The van der Waals surface area contributed by atoms with Gasteiger partial charge in [-0.15, -0.1) is 0 Å². The molecule has 0 saturated carbocycles. The molecule has 1 saturated heterocycles. The van der Waals surface area contributed by atoms with Crippen LogP contribution in [-0.2, 0) is 7.05 Å². The van der Waals surface area contributed by atoms with Crippen molar-refractivity contribution in [1.82, 2.24) is 19.7 Å². The number of carbonyl (C=O) groups is 1. The molecule has 1 aliphatic rings. The van der Waals surface area contributed by atoms with Crippen molar-refractivity contribution in [1.29, 1.82) is 0 Å². The molecule has 1 amide bonds. The Hall–Kier alpha value is -2.71. The molecule has 0 aliphatic carbocycles. The van der Waals surface area contributed by atoms with Gasteiger partial charge in [0.1, 0.15) is 0 Å². The maximum absolute atomic E-state index is 12.7. The summed E-state index contributed by atoms with van der Waals surface area (Å²) >= 11 is 0. The maximum atomic E-state index is 12.7. The summed E-state index contributed by atoms with van der Waals surface area (Å²) in [6.45, 7) is 6.01. The third-order valence-corrected chi connectivity index (χ3v) is 5.42. The molecular formula is C20H27N5O3. The summed E-state index contributed by atoms with van der Waals surface area (Å²) in [4.78, 5) is 27.9. The van der Waals surface area contributed by atoms with Crippen LogP contribution in [0.1, 0.15) is 27.7 Å². The molecule has 1 aliphatic heterocycles. The van der Waals surface area contributed by atoms with E-state index >= 15 is 0 Å². The number of aryl methyl sites for hydroxylation is 2. The number of nitrogens with one attached hydrogen (secondary N) is 1. The van der Waals surface area contributed by atoms with E-state index < -0.39 is 4.92 Å². The molecule has 1 unspecified atom stereocenters. The summed E-state index contributed by atoms with van der Waals surface area (Å²) < 4.78 is 2.09. The standard InChI is InChI=1S/C20H27N5O3/c1-15-13-16(6-7-17(15)25(27)28)20(26)21-14-19(18-5-4-8-23(18)3)24-11-9-22(2)10-12-24/h4-8,13,19H,9-12,14H2,1-3H3,(H,21,26). The molecular weight excluding hydrogens is 358 g/mol. The van der Waals surface area contributed by atoms with Crippen molar-refractivity contribution in [2.24, 2.45) is 7.05 Å². The van der Waals surface area contributed by atoms with Gasteiger partial charge in [0.2, 0.25) is 0 Å². The normalized spacial score (nSPS) is 16.7. The number of benzene rings is 1. The average molecular weight is 385 g/mol. The smallest absolute Gasteiger partial charge is 0.272 e. The number of nitro benzene ring substituents is 1. The number of amides is 1. The molecule has 8 heteroatoms. The first-order chi connectivity index (χ1) is 13.4. The van der Waals surface area contributed by atoms with Crippen LogP contribution < -0.4 is 5.32 Å². The van der Waals surface area contributed by atoms with Crippen molar-refractivity contribution in [2.45, 2.75) is 13.0 Å². The van der Waals surface area contributed by atoms with Crippen molar-refractivity contribution in [3.8, 4) is 0 Å². The lowest BCUT2D eigenvalue weighted by Gasteiger charge is -2.38. The monoisotopic (exact) mass is 385 g/mol. The van der Waals surface area contributed by atoms with Crippen LogP contribution in [0.25, 0.3) is 0 Å². The van der Waals surface area contributed by atoms with Gasteiger partial charge in [0.15, 0.2) is 0 Å². The zero-order valence-electron chi connectivity index (χ0n) is 16.6. The number of carbonyl (C=O) groups excluding carboxylic acids is 1. The molecule has 1 aromatic carbocycles. The van der Waals surface area contributed by atoms with Gasteiger partial charge in [-0.05, 0) is 38.2 Å². The number of hydrogen-bond donors (Lipinski definition) is 1. The molecule has 28 heavy (non-hydrogen) atoms. The van der Waals surface area contributed by atoms with Gasteiger partial charge in [-0.25, -0.2) is 0 Å². The third-order valence-electron chi connectivity index (χ3n) is 5.42. The van der Waals surface area contributed by atoms with Crippen molar-refractivity contribution < 1.29 is 9.72 Å². The van der Waals surface area contributed by atoms with Gasteiger partial charge in [-0.2, -0.15) is 0 Å². The van der Waals surface area contributed by atoms with Gasteiger partial charge in [0.25, 0.3) is 11.6 Å². The van der Waals surface area contributed by atoms with E-state index in [-0.39, 0.29) is 17.6 Å². The van der Waals surface area contributed by atoms with Crippen LogP contribution >= 0.6 is 0 Å². The Balaban J connectivity index is 1.73. The topological polar surface area (TPSA) is 83.7 Å². The molecule has 2 aromatic rings. The zero-order valence-corrected chi connectivity index (χ0v) is 16.6. The second-order valence-electron chi connectivity index (χ2n) is 7.37. The second kappa shape index (κ2) is 8.53. The van der Waals surface area contributed by atoms with E-state index in [1.54, 1.807) is 13.0 Å². The summed E-state index contributed by atoms with van der Waals surface area (Å²) in [5.41, 5.74) is 2.10. The Labute approximate surface area is 164 Å². The molecule has 150 valence electrons. The van der Waals surface area contributed by atoms with Crippen LogP contribution in [0.2, 0.25) is 0 Å². The van der Waals surface area contributed by atoms with Crippen molar-refractivity contribution in [3.05, 3.63) is 63.5 Å². The number of hydrogen-bond acceptors (Lipinski definition) is 5. The number of aromatic nitrogens is 1. The zero-order chi connectivity index (χ0) is 20.3. The Morgan fingerprint density at radius 2 is 1.93 bits per heavy atom. The molecule has 0 radical (unpaired) electrons. The van der Waals surface area contributed by atoms with Crippen molar-refractivity contribution in [2.75, 3.05) is 39.8 Å². The van der Waals surface area contributed by atoms with Crippen LogP contribution in [0, 0.1) is 17.0 Å². The van der Waals surface area contributed by atoms with Crippen LogP contribution in [0.5, 0.6) is 0 Å². The predicted octanol–water partition coefficient (Wildman–Crippen LogP) is 1.96. The predicted molar refractivity (Wildman–Crippen MR) is 107 cm³/mol. The number of likely N-dealkylation sites (N-methyl/N-ethyl adjacent to an activating group) is 1. The maximum Gasteiger partial charge on any atom is 0.272 e. The fourth-order valence-electron chi connectivity index (χ4n) is 3.67. The summed E-state index contributed by atoms with van der Waals surface area (Å²) in [5, 5.41) is 14.0. The molecule has 1 N–H and O–H groups in total. The van der Waals surface area contributed by atoms with E-state index in [0.717, 1.165) is 31.9 Å². The lowest BCUT2D eigenvalue weighted by Crippen LogP contribution is -2.48. The Morgan fingerprint density at radius 1 is 1.21 bits per heavy atom. The largest absolute Gasteiger partial charge is 0.353 e. The highest BCUT2D eigenvalue weighted by Crippen LogP contribution is 2.22. The van der Waals surface area contributed by atoms with E-state index in [4.69, 9.17) is 0 Å². The highest BCUT2D eigenvalue weighted by atomic mass is 16.6. The van der Waals surface area contributed by atoms with E-state index in [1.165, 1.54) is 12.1 Å². The Kier molecular flexibility index (Phi) is 6.11. The van der Waals surface area contributed by atoms with E-state index in [1.807, 2.05) is 19.3 Å². The molecule has 2 heterocycles. The first kappa shape index (κ1) is 20.0. The minimum absolute atomic E-state index is 0.0238. The Morgan fingerprint density at radius 3 is 2.50 bits per heavy atom. The van der Waals surface area contributed by atoms with E-state index in [2.05, 4.69) is 32.8 Å². The van der Waals surface area contributed by atoms with Crippen LogP contribution in [0.3, 0.4) is 0 Å². The summed E-state index contributed by atoms with van der Waals surface area (Å²) in [5.74, 6) is -0.216. The van der Waals surface area contributed by atoms with Crippen LogP contribution in [-0.4, -0.2) is 65.0 Å². The fraction of sp³-hybridized carbons (Fsp3) is 0.450. The highest BCUT2D eigenvalue weighted by molar-refractivity contribution is 5.94. The number of piperazine rings is 1. The first-order valence-electron chi connectivity index (χ1n) is 9.44. The van der Waals surface area contributed by atoms with Crippen LogP contribution in [0.15, 0.2) is 36.5 Å². The number of rotatable bonds is 6. The van der Waals surface area contributed by atoms with Crippen LogP contribution in [0.4, 0.5) is 5.69 Å². The van der Waals surface area contributed by atoms with E-state index in [9.17, 15) is 14.9 Å². The minimum Gasteiger partial charge on any atom is -0.353 e. The molecule has 8 nitrogen and oxygen atoms in total. The van der Waals surface area contributed by atoms with Crippen molar-refractivity contribution >= 4 is 11.6 Å². The number of nitrogens with zero attached hydrogens (tertiary/aromatic N) is 4. The summed E-state index contributed by atoms with van der Waals surface area (Å²) in [6.07, 6.45) is 2.01. The molecule has 1 fully saturated rings. The fourth-order valence-corrected chi connectivity index (χ4v) is 3.67. The lowest BCUT2D eigenvalue weighted by atomic mass is 10.1. The van der Waals surface area contributed by atoms with Gasteiger partial charge in [0.05, 0.1) is 11.0 Å². The summed E-state index contributed by atoms with van der Waals surface area (Å²) in [7, 11) is 4.13. The molecule has 0 bridgehead atoms. The first-order valence-corrected chi connectivity index (χ1v) is 9.44. The Bertz CT molecular complexity index is 855. The molecule has 3 rings (SSSR count). The quantitative estimate of drug-likeness (QED) is 0.607.